The van der Waals surface area contributed by atoms with Gasteiger partial charge in [-0.3, -0.25) is 0 Å². The van der Waals surface area contributed by atoms with Crippen LogP contribution in [0.15, 0.2) is 60.8 Å². The summed E-state index contributed by atoms with van der Waals surface area (Å²) in [6, 6.07) is 0. The van der Waals surface area contributed by atoms with Crippen LogP contribution in [-0.2, 0) is 0 Å². The van der Waals surface area contributed by atoms with Gasteiger partial charge in [0.15, 0.2) is 0 Å². The van der Waals surface area contributed by atoms with Gasteiger partial charge in [0.1, 0.15) is 0 Å². The summed E-state index contributed by atoms with van der Waals surface area (Å²) in [5, 5.41) is 0. The maximum absolute atomic E-state index is 4.59. The molecule has 0 heterocycles. The van der Waals surface area contributed by atoms with E-state index in [9.17, 15) is 0 Å². The third-order valence-electron chi connectivity index (χ3n) is 9.36. The van der Waals surface area contributed by atoms with Gasteiger partial charge in [-0.15, -0.1) is 6.58 Å². The normalized spacial score (nSPS) is 39.8. The van der Waals surface area contributed by atoms with Crippen molar-refractivity contribution in [1.29, 1.82) is 0 Å². The van der Waals surface area contributed by atoms with Gasteiger partial charge in [-0.05, 0) is 106 Å². The minimum absolute atomic E-state index is 0.518. The second-order valence-electron chi connectivity index (χ2n) is 12.5. The van der Waals surface area contributed by atoms with Crippen LogP contribution in [0.25, 0.3) is 0 Å². The molecule has 0 aromatic carbocycles. The summed E-state index contributed by atoms with van der Waals surface area (Å²) in [5.41, 5.74) is 4.17. The van der Waals surface area contributed by atoms with Crippen molar-refractivity contribution in [3.05, 3.63) is 60.8 Å². The van der Waals surface area contributed by atoms with Gasteiger partial charge in [-0.25, -0.2) is 0 Å². The molecule has 1 fully saturated rings. The van der Waals surface area contributed by atoms with Gasteiger partial charge in [0.05, 0.1) is 0 Å². The Morgan fingerprint density at radius 1 is 0.941 bits per heavy atom. The van der Waals surface area contributed by atoms with Gasteiger partial charge < -0.3 is 0 Å². The Kier molecular flexibility index (Phi) is 12.2. The molecular formula is C34H56. The zero-order valence-electron chi connectivity index (χ0n) is 23.6. The van der Waals surface area contributed by atoms with E-state index in [0.717, 1.165) is 30.1 Å². The molecular weight excluding hydrogens is 408 g/mol. The lowest BCUT2D eigenvalue weighted by atomic mass is 9.66. The quantitative estimate of drug-likeness (QED) is 0.363. The first-order chi connectivity index (χ1) is 16.1. The standard InChI is InChI=1S/C34H56/c1-10-12-31-19-24(3)13-14-25(4)20-32(11-2)34(33-18-17-28(7)30(9)23-33)21-26(5)15-16-27(6)29(8)22-31/h10,15-16,21,24,28-34H,1,4,6,11-14,17-20,22-23H2,2-3,5,7-9H3/b16-15+,26-21+/t24-,28-,29+,30?,31+,32-,33?,34?/m0/s1. The molecule has 2 aliphatic carbocycles. The van der Waals surface area contributed by atoms with Crippen molar-refractivity contribution in [3.63, 3.8) is 0 Å². The Morgan fingerprint density at radius 3 is 2.32 bits per heavy atom. The SMILES string of the molecule is C=CC[C@@H]1C[C@@H](C)CCC(=C)C[C@H](CC)C(C2CC[C@H](C)C(C)C2)/C=C(C)/C=C/C(=C)[C@H](C)C1. The molecule has 0 nitrogen and oxygen atoms in total. The van der Waals surface area contributed by atoms with Crippen LogP contribution in [0.3, 0.4) is 0 Å². The van der Waals surface area contributed by atoms with Gasteiger partial charge in [0.25, 0.3) is 0 Å². The third kappa shape index (κ3) is 9.05. The molecule has 34 heavy (non-hydrogen) atoms. The molecule has 2 aliphatic rings. The van der Waals surface area contributed by atoms with E-state index in [1.807, 2.05) is 0 Å². The van der Waals surface area contributed by atoms with Crippen LogP contribution < -0.4 is 0 Å². The fourth-order valence-electron chi connectivity index (χ4n) is 6.70. The van der Waals surface area contributed by atoms with Crippen LogP contribution in [-0.4, -0.2) is 0 Å². The highest BCUT2D eigenvalue weighted by Crippen LogP contribution is 2.43. The lowest BCUT2D eigenvalue weighted by Gasteiger charge is -2.39. The maximum atomic E-state index is 4.59. The van der Waals surface area contributed by atoms with Crippen LogP contribution in [0.4, 0.5) is 0 Å². The molecule has 1 saturated carbocycles. The van der Waals surface area contributed by atoms with Crippen molar-refractivity contribution >= 4 is 0 Å². The Morgan fingerprint density at radius 2 is 1.68 bits per heavy atom. The Hall–Kier alpha value is -1.30. The van der Waals surface area contributed by atoms with Crippen LogP contribution in [0.1, 0.15) is 106 Å². The van der Waals surface area contributed by atoms with Crippen molar-refractivity contribution in [2.45, 2.75) is 106 Å². The molecule has 0 aromatic heterocycles. The molecule has 0 bridgehead atoms. The smallest absolute Gasteiger partial charge is 0.0168 e. The average Bonchev–Trinajstić information content (AvgIpc) is 2.79. The van der Waals surface area contributed by atoms with E-state index in [4.69, 9.17) is 0 Å². The van der Waals surface area contributed by atoms with E-state index in [-0.39, 0.29) is 0 Å². The van der Waals surface area contributed by atoms with Crippen LogP contribution in [0, 0.1) is 47.3 Å². The number of rotatable bonds is 4. The van der Waals surface area contributed by atoms with Gasteiger partial charge in [0, 0.05) is 0 Å². The molecule has 2 rings (SSSR count). The second kappa shape index (κ2) is 14.3. The Labute approximate surface area is 213 Å². The first-order valence-electron chi connectivity index (χ1n) is 14.5. The molecule has 0 aromatic rings. The fraction of sp³-hybridized carbons (Fsp3) is 0.706. The molecule has 192 valence electrons. The summed E-state index contributed by atoms with van der Waals surface area (Å²) in [7, 11) is 0. The molecule has 0 amide bonds. The van der Waals surface area contributed by atoms with Gasteiger partial charge in [-0.2, -0.15) is 0 Å². The van der Waals surface area contributed by atoms with E-state index < -0.39 is 0 Å². The molecule has 8 atom stereocenters. The summed E-state index contributed by atoms with van der Waals surface area (Å²) in [5.74, 6) is 5.86. The minimum atomic E-state index is 0.518. The predicted octanol–water partition coefficient (Wildman–Crippen LogP) is 10.7. The number of hydrogen-bond donors (Lipinski definition) is 0. The van der Waals surface area contributed by atoms with E-state index in [2.05, 4.69) is 85.6 Å². The van der Waals surface area contributed by atoms with Crippen molar-refractivity contribution in [2.75, 3.05) is 0 Å². The highest BCUT2D eigenvalue weighted by Gasteiger charge is 2.33. The van der Waals surface area contributed by atoms with E-state index >= 15 is 0 Å². The van der Waals surface area contributed by atoms with Gasteiger partial charge >= 0.3 is 0 Å². The van der Waals surface area contributed by atoms with Gasteiger partial charge in [-0.1, -0.05) is 102 Å². The minimum Gasteiger partial charge on any atom is -0.103 e. The first kappa shape index (κ1) is 28.9. The van der Waals surface area contributed by atoms with Crippen molar-refractivity contribution in [3.8, 4) is 0 Å². The van der Waals surface area contributed by atoms with Crippen LogP contribution >= 0.6 is 0 Å². The van der Waals surface area contributed by atoms with Crippen molar-refractivity contribution in [2.24, 2.45) is 47.3 Å². The number of hydrogen-bond acceptors (Lipinski definition) is 0. The summed E-state index contributed by atoms with van der Waals surface area (Å²) in [6.07, 6.45) is 22.1. The Balaban J connectivity index is 2.33. The maximum Gasteiger partial charge on any atom is -0.0168 e. The zero-order chi connectivity index (χ0) is 25.3. The van der Waals surface area contributed by atoms with Gasteiger partial charge in [0.2, 0.25) is 0 Å². The molecule has 3 unspecified atom stereocenters. The molecule has 0 heteroatoms. The summed E-state index contributed by atoms with van der Waals surface area (Å²) < 4.78 is 0. The molecule has 0 radical (unpaired) electrons. The summed E-state index contributed by atoms with van der Waals surface area (Å²) in [4.78, 5) is 0. The molecule has 0 spiro atoms. The predicted molar refractivity (Wildman–Crippen MR) is 154 cm³/mol. The third-order valence-corrected chi connectivity index (χ3v) is 9.36. The summed E-state index contributed by atoms with van der Waals surface area (Å²) in [6.45, 7) is 27.6. The monoisotopic (exact) mass is 464 g/mol. The van der Waals surface area contributed by atoms with Crippen LogP contribution in [0.2, 0.25) is 0 Å². The van der Waals surface area contributed by atoms with E-state index in [0.29, 0.717) is 23.7 Å². The zero-order valence-corrected chi connectivity index (χ0v) is 23.6. The second-order valence-corrected chi connectivity index (χ2v) is 12.5. The Bertz CT molecular complexity index is 718. The number of allylic oxidation sites excluding steroid dienone is 7. The van der Waals surface area contributed by atoms with Crippen molar-refractivity contribution < 1.29 is 0 Å². The largest absolute Gasteiger partial charge is 0.103 e. The molecule has 0 aliphatic heterocycles. The van der Waals surface area contributed by atoms with E-state index in [1.54, 1.807) is 0 Å². The molecule has 0 saturated heterocycles. The lowest BCUT2D eigenvalue weighted by molar-refractivity contribution is 0.141. The fourth-order valence-corrected chi connectivity index (χ4v) is 6.70. The highest BCUT2D eigenvalue weighted by atomic mass is 14.4. The van der Waals surface area contributed by atoms with Crippen molar-refractivity contribution in [1.82, 2.24) is 0 Å². The van der Waals surface area contributed by atoms with Crippen LogP contribution in [0.5, 0.6) is 0 Å². The lowest BCUT2D eigenvalue weighted by Crippen LogP contribution is -2.30. The average molecular weight is 465 g/mol. The highest BCUT2D eigenvalue weighted by molar-refractivity contribution is 5.27. The first-order valence-corrected chi connectivity index (χ1v) is 14.5. The molecule has 0 N–H and O–H groups in total. The topological polar surface area (TPSA) is 0 Å². The van der Waals surface area contributed by atoms with E-state index in [1.165, 1.54) is 74.5 Å². The summed E-state index contributed by atoms with van der Waals surface area (Å²) >= 11 is 0.